The average Bonchev–Trinajstić information content (AvgIpc) is 2.96. The molecule has 106 valence electrons. The van der Waals surface area contributed by atoms with Crippen LogP contribution in [-0.2, 0) is 0 Å². The fraction of sp³-hybridized carbons (Fsp3) is 0.0500. The first-order chi connectivity index (χ1) is 10.7. The fourth-order valence-corrected chi connectivity index (χ4v) is 2.83. The van der Waals surface area contributed by atoms with Gasteiger partial charge in [-0.25, -0.2) is 0 Å². The Labute approximate surface area is 128 Å². The van der Waals surface area contributed by atoms with Crippen LogP contribution < -0.4 is 0 Å². The van der Waals surface area contributed by atoms with Gasteiger partial charge in [-0.3, -0.25) is 4.79 Å². The van der Waals surface area contributed by atoms with E-state index in [9.17, 15) is 4.79 Å². The van der Waals surface area contributed by atoms with Crippen molar-refractivity contribution in [2.45, 2.75) is 6.92 Å². The van der Waals surface area contributed by atoms with Crippen molar-refractivity contribution in [3.05, 3.63) is 83.6 Å². The summed E-state index contributed by atoms with van der Waals surface area (Å²) in [6, 6.07) is 21.4. The van der Waals surface area contributed by atoms with Crippen molar-refractivity contribution in [2.75, 3.05) is 0 Å². The second kappa shape index (κ2) is 4.85. The summed E-state index contributed by atoms with van der Waals surface area (Å²) in [5.41, 5.74) is 2.57. The van der Waals surface area contributed by atoms with E-state index < -0.39 is 0 Å². The highest BCUT2D eigenvalue weighted by molar-refractivity contribution is 6.16. The second-order valence-electron chi connectivity index (χ2n) is 5.51. The van der Waals surface area contributed by atoms with Gasteiger partial charge in [0.2, 0.25) is 5.78 Å². The minimum Gasteiger partial charge on any atom is -0.453 e. The number of ketones is 1. The number of furan rings is 1. The number of carbonyl (C=O) groups is 1. The molecule has 0 atom stereocenters. The van der Waals surface area contributed by atoms with Crippen LogP contribution in [0.15, 0.2) is 71.1 Å². The molecule has 0 spiro atoms. The van der Waals surface area contributed by atoms with Crippen LogP contribution in [-0.4, -0.2) is 5.78 Å². The SMILES string of the molecule is Cc1ccc2oc(C(=O)c3cccc4ccccc34)cc2c1. The first-order valence-corrected chi connectivity index (χ1v) is 7.25. The summed E-state index contributed by atoms with van der Waals surface area (Å²) in [6.45, 7) is 2.03. The van der Waals surface area contributed by atoms with E-state index >= 15 is 0 Å². The molecule has 0 bridgehead atoms. The largest absolute Gasteiger partial charge is 0.453 e. The predicted octanol–water partition coefficient (Wildman–Crippen LogP) is 5.13. The number of fused-ring (bicyclic) bond motifs is 2. The number of hydrogen-bond acceptors (Lipinski definition) is 2. The number of aryl methyl sites for hydroxylation is 1. The van der Waals surface area contributed by atoms with Gasteiger partial charge in [0.15, 0.2) is 5.76 Å². The minimum atomic E-state index is -0.0781. The van der Waals surface area contributed by atoms with Crippen molar-refractivity contribution in [1.29, 1.82) is 0 Å². The molecule has 1 heterocycles. The normalized spacial score (nSPS) is 11.1. The van der Waals surface area contributed by atoms with Gasteiger partial charge in [-0.05, 0) is 35.9 Å². The molecule has 2 nitrogen and oxygen atoms in total. The third kappa shape index (κ3) is 2.01. The molecule has 0 saturated carbocycles. The first kappa shape index (κ1) is 12.8. The summed E-state index contributed by atoms with van der Waals surface area (Å²) in [7, 11) is 0. The van der Waals surface area contributed by atoms with Crippen molar-refractivity contribution >= 4 is 27.5 Å². The van der Waals surface area contributed by atoms with Gasteiger partial charge < -0.3 is 4.42 Å². The monoisotopic (exact) mass is 286 g/mol. The Kier molecular flexibility index (Phi) is 2.83. The number of rotatable bonds is 2. The van der Waals surface area contributed by atoms with Gasteiger partial charge in [0.05, 0.1) is 0 Å². The molecule has 22 heavy (non-hydrogen) atoms. The lowest BCUT2D eigenvalue weighted by atomic mass is 10.0. The van der Waals surface area contributed by atoms with Gasteiger partial charge in [0.1, 0.15) is 5.58 Å². The third-order valence-corrected chi connectivity index (χ3v) is 3.93. The quantitative estimate of drug-likeness (QED) is 0.478. The van der Waals surface area contributed by atoms with Crippen molar-refractivity contribution in [3.8, 4) is 0 Å². The van der Waals surface area contributed by atoms with Gasteiger partial charge in [0, 0.05) is 10.9 Å². The molecule has 0 aliphatic rings. The summed E-state index contributed by atoms with van der Waals surface area (Å²) in [5.74, 6) is 0.308. The van der Waals surface area contributed by atoms with Crippen LogP contribution in [0.3, 0.4) is 0 Å². The zero-order valence-corrected chi connectivity index (χ0v) is 12.2. The number of hydrogen-bond donors (Lipinski definition) is 0. The molecule has 0 aliphatic carbocycles. The van der Waals surface area contributed by atoms with Gasteiger partial charge in [-0.1, -0.05) is 54.1 Å². The number of benzene rings is 3. The molecule has 0 saturated heterocycles. The van der Waals surface area contributed by atoms with Crippen molar-refractivity contribution < 1.29 is 9.21 Å². The molecular weight excluding hydrogens is 272 g/mol. The van der Waals surface area contributed by atoms with Crippen molar-refractivity contribution in [3.63, 3.8) is 0 Å². The van der Waals surface area contributed by atoms with E-state index in [2.05, 4.69) is 0 Å². The summed E-state index contributed by atoms with van der Waals surface area (Å²) >= 11 is 0. The summed E-state index contributed by atoms with van der Waals surface area (Å²) in [4.78, 5) is 12.8. The molecule has 3 aromatic carbocycles. The third-order valence-electron chi connectivity index (χ3n) is 3.93. The van der Waals surface area contributed by atoms with E-state index in [4.69, 9.17) is 4.42 Å². The summed E-state index contributed by atoms with van der Waals surface area (Å²) < 4.78 is 5.74. The van der Waals surface area contributed by atoms with E-state index in [-0.39, 0.29) is 5.78 Å². The smallest absolute Gasteiger partial charge is 0.228 e. The maximum Gasteiger partial charge on any atom is 0.228 e. The lowest BCUT2D eigenvalue weighted by Gasteiger charge is -2.03. The maximum absolute atomic E-state index is 12.8. The van der Waals surface area contributed by atoms with Gasteiger partial charge in [0.25, 0.3) is 0 Å². The topological polar surface area (TPSA) is 30.2 Å². The average molecular weight is 286 g/mol. The van der Waals surface area contributed by atoms with E-state index in [1.807, 2.05) is 73.7 Å². The van der Waals surface area contributed by atoms with Gasteiger partial charge >= 0.3 is 0 Å². The zero-order valence-electron chi connectivity index (χ0n) is 12.2. The summed E-state index contributed by atoms with van der Waals surface area (Å²) in [6.07, 6.45) is 0. The molecule has 0 aliphatic heterocycles. The molecule has 4 aromatic rings. The van der Waals surface area contributed by atoms with Crippen LogP contribution in [0.5, 0.6) is 0 Å². The Balaban J connectivity index is 1.88. The number of carbonyl (C=O) groups excluding carboxylic acids is 1. The highest BCUT2D eigenvalue weighted by Gasteiger charge is 2.16. The van der Waals surface area contributed by atoms with E-state index in [0.29, 0.717) is 11.3 Å². The van der Waals surface area contributed by atoms with Crippen LogP contribution in [0.2, 0.25) is 0 Å². The Morgan fingerprint density at radius 1 is 0.864 bits per heavy atom. The Morgan fingerprint density at radius 2 is 1.68 bits per heavy atom. The molecule has 2 heteroatoms. The lowest BCUT2D eigenvalue weighted by Crippen LogP contribution is -2.00. The Hall–Kier alpha value is -2.87. The van der Waals surface area contributed by atoms with Crippen LogP contribution >= 0.6 is 0 Å². The second-order valence-corrected chi connectivity index (χ2v) is 5.51. The molecule has 1 aromatic heterocycles. The maximum atomic E-state index is 12.8. The first-order valence-electron chi connectivity index (χ1n) is 7.25. The van der Waals surface area contributed by atoms with Crippen LogP contribution in [0.25, 0.3) is 21.7 Å². The van der Waals surface area contributed by atoms with E-state index in [1.165, 1.54) is 0 Å². The standard InChI is InChI=1S/C20H14O2/c1-13-9-10-18-15(11-13)12-19(22-18)20(21)17-8-4-6-14-5-2-3-7-16(14)17/h2-12H,1H3. The summed E-state index contributed by atoms with van der Waals surface area (Å²) in [5, 5.41) is 2.97. The molecule has 0 unspecified atom stereocenters. The highest BCUT2D eigenvalue weighted by atomic mass is 16.3. The molecule has 4 rings (SSSR count). The zero-order chi connectivity index (χ0) is 15.1. The highest BCUT2D eigenvalue weighted by Crippen LogP contribution is 2.25. The van der Waals surface area contributed by atoms with Gasteiger partial charge in [-0.15, -0.1) is 0 Å². The fourth-order valence-electron chi connectivity index (χ4n) is 2.83. The lowest BCUT2D eigenvalue weighted by molar-refractivity contribution is 0.101. The predicted molar refractivity (Wildman–Crippen MR) is 88.3 cm³/mol. The molecule has 0 radical (unpaired) electrons. The van der Waals surface area contributed by atoms with Crippen molar-refractivity contribution in [1.82, 2.24) is 0 Å². The van der Waals surface area contributed by atoms with Crippen molar-refractivity contribution in [2.24, 2.45) is 0 Å². The molecular formula is C20H14O2. The molecule has 0 fully saturated rings. The van der Waals surface area contributed by atoms with Crippen LogP contribution in [0.4, 0.5) is 0 Å². The van der Waals surface area contributed by atoms with Crippen LogP contribution in [0.1, 0.15) is 21.7 Å². The van der Waals surface area contributed by atoms with E-state index in [1.54, 1.807) is 0 Å². The van der Waals surface area contributed by atoms with Gasteiger partial charge in [-0.2, -0.15) is 0 Å². The minimum absolute atomic E-state index is 0.0781. The van der Waals surface area contributed by atoms with E-state index in [0.717, 1.165) is 27.3 Å². The Morgan fingerprint density at radius 3 is 2.59 bits per heavy atom. The molecule has 0 N–H and O–H groups in total. The Bertz CT molecular complexity index is 1000. The van der Waals surface area contributed by atoms with Crippen LogP contribution in [0, 0.1) is 6.92 Å². The molecule has 0 amide bonds.